The van der Waals surface area contributed by atoms with Crippen LogP contribution in [0.1, 0.15) is 36.6 Å². The van der Waals surface area contributed by atoms with E-state index in [4.69, 9.17) is 16.3 Å². The Labute approximate surface area is 118 Å². The molecule has 0 N–H and O–H groups in total. The Morgan fingerprint density at radius 3 is 3.28 bits per heavy atom. The fraction of sp³-hybridized carbons (Fsp3) is 0.769. The number of morpholine rings is 1. The van der Waals surface area contributed by atoms with Crippen molar-refractivity contribution in [1.82, 2.24) is 9.88 Å². The number of rotatable bonds is 6. The second-order valence-electron chi connectivity index (χ2n) is 4.63. The van der Waals surface area contributed by atoms with Crippen molar-refractivity contribution in [3.63, 3.8) is 0 Å². The van der Waals surface area contributed by atoms with Gasteiger partial charge in [-0.25, -0.2) is 4.98 Å². The Bertz CT molecular complexity index is 357. The van der Waals surface area contributed by atoms with Gasteiger partial charge in [-0.3, -0.25) is 4.90 Å². The zero-order chi connectivity index (χ0) is 12.8. The summed E-state index contributed by atoms with van der Waals surface area (Å²) in [5.41, 5.74) is 1.16. The van der Waals surface area contributed by atoms with Crippen LogP contribution < -0.4 is 0 Å². The summed E-state index contributed by atoms with van der Waals surface area (Å²) in [5.74, 6) is 0.705. The molecule has 1 saturated heterocycles. The van der Waals surface area contributed by atoms with Crippen LogP contribution in [0.2, 0.25) is 0 Å². The molecule has 0 bridgehead atoms. The highest BCUT2D eigenvalue weighted by Gasteiger charge is 2.23. The van der Waals surface area contributed by atoms with Crippen LogP contribution in [0.5, 0.6) is 0 Å². The Hall–Kier alpha value is -0.160. The molecule has 0 spiro atoms. The van der Waals surface area contributed by atoms with E-state index < -0.39 is 0 Å². The molecule has 0 radical (unpaired) electrons. The molecule has 2 rings (SSSR count). The largest absolute Gasteiger partial charge is 0.368 e. The quantitative estimate of drug-likeness (QED) is 0.752. The number of thiazole rings is 1. The Balaban J connectivity index is 1.91. The molecule has 18 heavy (non-hydrogen) atoms. The van der Waals surface area contributed by atoms with Gasteiger partial charge in [0.2, 0.25) is 0 Å². The molecule has 1 fully saturated rings. The third kappa shape index (κ3) is 3.92. The van der Waals surface area contributed by atoms with Crippen molar-refractivity contribution < 1.29 is 4.74 Å². The molecule has 1 atom stereocenters. The van der Waals surface area contributed by atoms with Gasteiger partial charge in [-0.2, -0.15) is 0 Å². The smallest absolute Gasteiger partial charge is 0.123 e. The van der Waals surface area contributed by atoms with Gasteiger partial charge in [0.15, 0.2) is 0 Å². The molecule has 5 heteroatoms. The van der Waals surface area contributed by atoms with E-state index in [0.717, 1.165) is 49.8 Å². The molecule has 0 saturated carbocycles. The van der Waals surface area contributed by atoms with Gasteiger partial charge in [-0.1, -0.05) is 6.92 Å². The van der Waals surface area contributed by atoms with Gasteiger partial charge in [0.1, 0.15) is 11.1 Å². The number of hydrogen-bond donors (Lipinski definition) is 0. The molecular weight excluding hydrogens is 268 g/mol. The number of ether oxygens (including phenoxy) is 1. The maximum atomic E-state index is 5.84. The summed E-state index contributed by atoms with van der Waals surface area (Å²) in [7, 11) is 0. The molecule has 1 unspecified atom stereocenters. The highest BCUT2D eigenvalue weighted by Crippen LogP contribution is 2.25. The average Bonchev–Trinajstić information content (AvgIpc) is 2.86. The Morgan fingerprint density at radius 2 is 2.50 bits per heavy atom. The van der Waals surface area contributed by atoms with Crippen LogP contribution in [-0.2, 0) is 11.2 Å². The predicted molar refractivity (Wildman–Crippen MR) is 76.6 cm³/mol. The molecule has 2 heterocycles. The summed E-state index contributed by atoms with van der Waals surface area (Å²) < 4.78 is 5.84. The van der Waals surface area contributed by atoms with Gasteiger partial charge in [0.25, 0.3) is 0 Å². The zero-order valence-corrected chi connectivity index (χ0v) is 12.5. The van der Waals surface area contributed by atoms with Crippen molar-refractivity contribution in [2.75, 3.05) is 32.1 Å². The first kappa shape index (κ1) is 14.3. The van der Waals surface area contributed by atoms with E-state index in [1.807, 2.05) is 0 Å². The van der Waals surface area contributed by atoms with Crippen LogP contribution in [-0.4, -0.2) is 42.0 Å². The number of aromatic nitrogens is 1. The SMILES string of the molecule is CCCN1CCOC(c2nc(CCCCl)cs2)C1. The topological polar surface area (TPSA) is 25.4 Å². The van der Waals surface area contributed by atoms with Crippen LogP contribution in [0.25, 0.3) is 0 Å². The van der Waals surface area contributed by atoms with E-state index in [1.165, 1.54) is 6.42 Å². The lowest BCUT2D eigenvalue weighted by atomic mass is 10.2. The van der Waals surface area contributed by atoms with E-state index in [2.05, 4.69) is 22.2 Å². The molecule has 0 aromatic carbocycles. The van der Waals surface area contributed by atoms with Crippen LogP contribution in [0.15, 0.2) is 5.38 Å². The lowest BCUT2D eigenvalue weighted by Gasteiger charge is -2.31. The van der Waals surface area contributed by atoms with Gasteiger partial charge in [0, 0.05) is 24.3 Å². The monoisotopic (exact) mass is 288 g/mol. The molecule has 3 nitrogen and oxygen atoms in total. The predicted octanol–water partition coefficient (Wildman–Crippen LogP) is 3.10. The molecule has 1 aromatic heterocycles. The average molecular weight is 289 g/mol. The van der Waals surface area contributed by atoms with Crippen molar-refractivity contribution in [2.45, 2.75) is 32.3 Å². The summed E-state index contributed by atoms with van der Waals surface area (Å²) in [6.07, 6.45) is 3.34. The minimum atomic E-state index is 0.167. The number of halogens is 1. The summed E-state index contributed by atoms with van der Waals surface area (Å²) in [6, 6.07) is 0. The molecular formula is C13H21ClN2OS. The second kappa shape index (κ2) is 7.43. The van der Waals surface area contributed by atoms with Crippen LogP contribution in [0, 0.1) is 0 Å². The summed E-state index contributed by atoms with van der Waals surface area (Å²) in [5, 5.41) is 3.27. The fourth-order valence-electron chi connectivity index (χ4n) is 2.20. The lowest BCUT2D eigenvalue weighted by molar-refractivity contribution is -0.0299. The molecule has 1 aliphatic heterocycles. The maximum absolute atomic E-state index is 5.84. The van der Waals surface area contributed by atoms with Gasteiger partial charge >= 0.3 is 0 Å². The minimum absolute atomic E-state index is 0.167. The zero-order valence-electron chi connectivity index (χ0n) is 10.9. The first-order chi connectivity index (χ1) is 8.83. The minimum Gasteiger partial charge on any atom is -0.368 e. The first-order valence-electron chi connectivity index (χ1n) is 6.67. The third-order valence-corrected chi connectivity index (χ3v) is 4.35. The van der Waals surface area contributed by atoms with Crippen molar-refractivity contribution in [3.05, 3.63) is 16.1 Å². The van der Waals surface area contributed by atoms with Gasteiger partial charge in [-0.05, 0) is 25.8 Å². The standard InChI is InChI=1S/C13H21ClN2OS/c1-2-6-16-7-8-17-12(9-16)13-15-11(10-18-13)4-3-5-14/h10,12H,2-9H2,1H3. The van der Waals surface area contributed by atoms with Crippen LogP contribution in [0.3, 0.4) is 0 Å². The van der Waals surface area contributed by atoms with E-state index in [9.17, 15) is 0 Å². The van der Waals surface area contributed by atoms with E-state index in [-0.39, 0.29) is 6.10 Å². The van der Waals surface area contributed by atoms with Crippen molar-refractivity contribution >= 4 is 22.9 Å². The summed E-state index contributed by atoms with van der Waals surface area (Å²) >= 11 is 7.43. The summed E-state index contributed by atoms with van der Waals surface area (Å²) in [6.45, 7) is 6.23. The Morgan fingerprint density at radius 1 is 1.61 bits per heavy atom. The third-order valence-electron chi connectivity index (χ3n) is 3.10. The number of nitrogens with zero attached hydrogens (tertiary/aromatic N) is 2. The van der Waals surface area contributed by atoms with Crippen molar-refractivity contribution in [1.29, 1.82) is 0 Å². The molecule has 0 aliphatic carbocycles. The highest BCUT2D eigenvalue weighted by atomic mass is 35.5. The van der Waals surface area contributed by atoms with Gasteiger partial charge in [-0.15, -0.1) is 22.9 Å². The highest BCUT2D eigenvalue weighted by molar-refractivity contribution is 7.09. The summed E-state index contributed by atoms with van der Waals surface area (Å²) in [4.78, 5) is 7.14. The normalized spacial score (nSPS) is 21.3. The van der Waals surface area contributed by atoms with Gasteiger partial charge in [0.05, 0.1) is 12.3 Å². The van der Waals surface area contributed by atoms with Gasteiger partial charge < -0.3 is 4.74 Å². The molecule has 102 valence electrons. The fourth-order valence-corrected chi connectivity index (χ4v) is 3.23. The molecule has 0 amide bonds. The van der Waals surface area contributed by atoms with E-state index >= 15 is 0 Å². The number of aryl methyl sites for hydroxylation is 1. The Kier molecular flexibility index (Phi) is 5.89. The molecule has 1 aliphatic rings. The van der Waals surface area contributed by atoms with E-state index in [1.54, 1.807) is 11.3 Å². The number of hydrogen-bond acceptors (Lipinski definition) is 4. The maximum Gasteiger partial charge on any atom is 0.123 e. The van der Waals surface area contributed by atoms with Crippen molar-refractivity contribution in [2.24, 2.45) is 0 Å². The van der Waals surface area contributed by atoms with E-state index in [0.29, 0.717) is 5.88 Å². The van der Waals surface area contributed by atoms with Crippen LogP contribution >= 0.6 is 22.9 Å². The molecule has 1 aromatic rings. The second-order valence-corrected chi connectivity index (χ2v) is 5.90. The van der Waals surface area contributed by atoms with Crippen molar-refractivity contribution in [3.8, 4) is 0 Å². The van der Waals surface area contributed by atoms with Crippen LogP contribution in [0.4, 0.5) is 0 Å². The number of alkyl halides is 1. The first-order valence-corrected chi connectivity index (χ1v) is 8.09. The lowest BCUT2D eigenvalue weighted by Crippen LogP contribution is -2.38.